The third-order valence-corrected chi connectivity index (χ3v) is 3.69. The molecule has 2 aliphatic rings. The smallest absolute Gasteiger partial charge is 0.348 e. The van der Waals surface area contributed by atoms with Crippen LogP contribution in [0.5, 0.6) is 0 Å². The standard InChI is InChI=1S/C18H19N5O2/c1-13(11-14-5-3-2-4-6-14)23-12-17(25-22-23)21-18(24)20-16-9-7-15(19)8-10-16/h2-10,12-13,19,22H,11H2,1H3,(H,21,24). The Morgan fingerprint density at radius 1 is 1.28 bits per heavy atom. The van der Waals surface area contributed by atoms with Crippen molar-refractivity contribution in [1.82, 2.24) is 15.9 Å². The van der Waals surface area contributed by atoms with Gasteiger partial charge in [0.25, 0.3) is 0 Å². The molecule has 0 aromatic heterocycles. The third-order valence-electron chi connectivity index (χ3n) is 3.69. The first kappa shape index (κ1) is 16.7. The molecule has 0 saturated carbocycles. The van der Waals surface area contributed by atoms with Crippen molar-refractivity contribution in [2.75, 3.05) is 0 Å². The summed E-state index contributed by atoms with van der Waals surface area (Å²) in [5.74, 6) is 0.283. The minimum absolute atomic E-state index is 0.137. The Kier molecular flexibility index (Phi) is 5.06. The summed E-state index contributed by atoms with van der Waals surface area (Å²) in [6.07, 6.45) is 8.89. The van der Waals surface area contributed by atoms with Crippen LogP contribution in [0, 0.1) is 5.41 Å². The van der Waals surface area contributed by atoms with Gasteiger partial charge < -0.3 is 10.2 Å². The minimum atomic E-state index is -0.539. The van der Waals surface area contributed by atoms with E-state index in [0.29, 0.717) is 11.4 Å². The second-order valence-electron chi connectivity index (χ2n) is 5.72. The van der Waals surface area contributed by atoms with E-state index in [1.807, 2.05) is 18.2 Å². The molecule has 1 aromatic rings. The number of carbonyl (C=O) groups excluding carboxylic acids is 1. The minimum Gasteiger partial charge on any atom is -0.369 e. The van der Waals surface area contributed by atoms with E-state index in [1.54, 1.807) is 35.5 Å². The molecule has 1 atom stereocenters. The summed E-state index contributed by atoms with van der Waals surface area (Å²) in [4.78, 5) is 21.1. The maximum absolute atomic E-state index is 11.9. The summed E-state index contributed by atoms with van der Waals surface area (Å²) in [6, 6.07) is 9.74. The largest absolute Gasteiger partial charge is 0.369 e. The van der Waals surface area contributed by atoms with E-state index in [9.17, 15) is 4.79 Å². The van der Waals surface area contributed by atoms with Gasteiger partial charge in [0, 0.05) is 6.04 Å². The molecule has 128 valence electrons. The fourth-order valence-electron chi connectivity index (χ4n) is 2.40. The van der Waals surface area contributed by atoms with Crippen molar-refractivity contribution in [3.63, 3.8) is 0 Å². The molecule has 1 aliphatic carbocycles. The van der Waals surface area contributed by atoms with Crippen LogP contribution >= 0.6 is 0 Å². The van der Waals surface area contributed by atoms with E-state index in [2.05, 4.69) is 35.0 Å². The van der Waals surface area contributed by atoms with Crippen LogP contribution in [0.1, 0.15) is 12.5 Å². The number of amides is 2. The number of rotatable bonds is 4. The Morgan fingerprint density at radius 3 is 2.72 bits per heavy atom. The summed E-state index contributed by atoms with van der Waals surface area (Å²) in [7, 11) is 0. The Labute approximate surface area is 145 Å². The average molecular weight is 337 g/mol. The van der Waals surface area contributed by atoms with Crippen molar-refractivity contribution in [3.05, 3.63) is 72.3 Å². The van der Waals surface area contributed by atoms with Crippen molar-refractivity contribution >= 4 is 17.5 Å². The Morgan fingerprint density at radius 2 is 2.00 bits per heavy atom. The van der Waals surface area contributed by atoms with Gasteiger partial charge in [-0.1, -0.05) is 35.9 Å². The first-order chi connectivity index (χ1) is 12.1. The zero-order valence-corrected chi connectivity index (χ0v) is 13.8. The van der Waals surface area contributed by atoms with Gasteiger partial charge in [0.05, 0.1) is 17.6 Å². The van der Waals surface area contributed by atoms with Gasteiger partial charge >= 0.3 is 6.03 Å². The van der Waals surface area contributed by atoms with E-state index in [4.69, 9.17) is 10.2 Å². The molecule has 1 aromatic carbocycles. The SMILES string of the molecule is CC(Cc1ccccc1)N1C=C(NC(=O)N=C2C=CC(=N)C=C2)ON1. The number of nitrogens with zero attached hydrogens (tertiary/aromatic N) is 2. The zero-order chi connectivity index (χ0) is 17.6. The molecule has 3 N–H and O–H groups in total. The first-order valence-corrected chi connectivity index (χ1v) is 7.91. The number of nitrogens with one attached hydrogen (secondary N) is 3. The van der Waals surface area contributed by atoms with Crippen molar-refractivity contribution in [2.24, 2.45) is 4.99 Å². The zero-order valence-electron chi connectivity index (χ0n) is 13.8. The lowest BCUT2D eigenvalue weighted by atomic mass is 10.1. The summed E-state index contributed by atoms with van der Waals surface area (Å²) in [5, 5.41) is 11.8. The van der Waals surface area contributed by atoms with Crippen LogP contribution in [0.25, 0.3) is 0 Å². The lowest BCUT2D eigenvalue weighted by Gasteiger charge is -2.21. The highest BCUT2D eigenvalue weighted by Crippen LogP contribution is 2.12. The molecule has 0 saturated heterocycles. The highest BCUT2D eigenvalue weighted by atomic mass is 16.7. The van der Waals surface area contributed by atoms with Crippen molar-refractivity contribution in [2.45, 2.75) is 19.4 Å². The molecule has 1 unspecified atom stereocenters. The molecule has 25 heavy (non-hydrogen) atoms. The van der Waals surface area contributed by atoms with Gasteiger partial charge in [-0.2, -0.15) is 4.99 Å². The molecule has 7 nitrogen and oxygen atoms in total. The number of hydrogen-bond acceptors (Lipinski definition) is 5. The fourth-order valence-corrected chi connectivity index (χ4v) is 2.40. The molecular formula is C18H19N5O2. The van der Waals surface area contributed by atoms with Gasteiger partial charge in [0.15, 0.2) is 0 Å². The van der Waals surface area contributed by atoms with E-state index >= 15 is 0 Å². The molecule has 1 heterocycles. The van der Waals surface area contributed by atoms with Crippen LogP contribution in [0.3, 0.4) is 0 Å². The second kappa shape index (κ2) is 7.59. The van der Waals surface area contributed by atoms with E-state index in [-0.39, 0.29) is 11.9 Å². The number of benzene rings is 1. The topological polar surface area (TPSA) is 89.8 Å². The molecule has 0 fully saturated rings. The fraction of sp³-hybridized carbons (Fsp3) is 0.167. The Balaban J connectivity index is 1.55. The van der Waals surface area contributed by atoms with Gasteiger partial charge in [0.2, 0.25) is 5.88 Å². The van der Waals surface area contributed by atoms with Crippen LogP contribution in [0.15, 0.2) is 71.7 Å². The third kappa shape index (κ3) is 4.65. The summed E-state index contributed by atoms with van der Waals surface area (Å²) in [6.45, 7) is 2.05. The van der Waals surface area contributed by atoms with E-state index in [0.717, 1.165) is 6.42 Å². The second-order valence-corrected chi connectivity index (χ2v) is 5.72. The van der Waals surface area contributed by atoms with Gasteiger partial charge in [-0.15, -0.1) is 0 Å². The van der Waals surface area contributed by atoms with Crippen molar-refractivity contribution in [1.29, 1.82) is 5.41 Å². The van der Waals surface area contributed by atoms with E-state index < -0.39 is 6.03 Å². The van der Waals surface area contributed by atoms with Crippen molar-refractivity contribution < 1.29 is 9.63 Å². The van der Waals surface area contributed by atoms with Gasteiger partial charge in [-0.05, 0) is 43.2 Å². The molecule has 3 rings (SSSR count). The van der Waals surface area contributed by atoms with Crippen LogP contribution in [-0.4, -0.2) is 28.5 Å². The van der Waals surface area contributed by atoms with Crippen LogP contribution in [0.4, 0.5) is 4.79 Å². The normalized spacial score (nSPS) is 17.2. The van der Waals surface area contributed by atoms with Crippen molar-refractivity contribution in [3.8, 4) is 0 Å². The van der Waals surface area contributed by atoms with Gasteiger partial charge in [0.1, 0.15) is 0 Å². The number of carbonyl (C=O) groups is 1. The summed E-state index contributed by atoms with van der Waals surface area (Å²) in [5.41, 5.74) is 4.83. The predicted molar refractivity (Wildman–Crippen MR) is 95.7 cm³/mol. The van der Waals surface area contributed by atoms with Gasteiger partial charge in [-0.3, -0.25) is 10.3 Å². The average Bonchev–Trinajstić information content (AvgIpc) is 3.06. The quantitative estimate of drug-likeness (QED) is 0.736. The summed E-state index contributed by atoms with van der Waals surface area (Å²) < 4.78 is 0. The maximum Gasteiger partial charge on any atom is 0.348 e. The van der Waals surface area contributed by atoms with Crippen LogP contribution in [-0.2, 0) is 11.3 Å². The van der Waals surface area contributed by atoms with E-state index in [1.165, 1.54) is 5.56 Å². The molecule has 0 bridgehead atoms. The molecular weight excluding hydrogens is 318 g/mol. The number of hydrogen-bond donors (Lipinski definition) is 3. The van der Waals surface area contributed by atoms with Gasteiger partial charge in [-0.25, -0.2) is 4.79 Å². The number of hydrazine groups is 1. The number of aliphatic imine (C=N–C) groups is 1. The first-order valence-electron chi connectivity index (χ1n) is 7.91. The highest BCUT2D eigenvalue weighted by molar-refractivity contribution is 6.19. The monoisotopic (exact) mass is 337 g/mol. The summed E-state index contributed by atoms with van der Waals surface area (Å²) >= 11 is 0. The molecule has 2 amide bonds. The highest BCUT2D eigenvalue weighted by Gasteiger charge is 2.20. The number of urea groups is 1. The molecule has 1 aliphatic heterocycles. The molecule has 7 heteroatoms. The number of allylic oxidation sites excluding steroid dienone is 4. The Bertz CT molecular complexity index is 762. The molecule has 0 radical (unpaired) electrons. The van der Waals surface area contributed by atoms with Crippen LogP contribution in [0.2, 0.25) is 0 Å². The Hall–Kier alpha value is -3.19. The predicted octanol–water partition coefficient (Wildman–Crippen LogP) is 2.46. The molecule has 0 spiro atoms. The lowest BCUT2D eigenvalue weighted by molar-refractivity contribution is -0.00146. The maximum atomic E-state index is 11.9. The lowest BCUT2D eigenvalue weighted by Crippen LogP contribution is -2.37. The van der Waals surface area contributed by atoms with Crippen LogP contribution < -0.4 is 10.9 Å².